The van der Waals surface area contributed by atoms with Crippen LogP contribution in [0.4, 0.5) is 5.88 Å². The molecule has 0 aliphatic carbocycles. The van der Waals surface area contributed by atoms with Gasteiger partial charge in [-0.25, -0.2) is 8.42 Å². The van der Waals surface area contributed by atoms with Gasteiger partial charge in [-0.3, -0.25) is 0 Å². The molecule has 1 N–H and O–H groups in total. The van der Waals surface area contributed by atoms with Crippen LogP contribution in [-0.2, 0) is 9.84 Å². The maximum Gasteiger partial charge on any atom is 0.233 e. The molecule has 3 aromatic rings. The number of aromatic nitrogens is 1. The van der Waals surface area contributed by atoms with Gasteiger partial charge in [0.05, 0.1) is 12.0 Å². The molecule has 3 rings (SSSR count). The molecule has 6 nitrogen and oxygen atoms in total. The number of nitrogens with one attached hydrogen (secondary N) is 1. The van der Waals surface area contributed by atoms with E-state index in [-0.39, 0.29) is 21.7 Å². The van der Waals surface area contributed by atoms with Crippen molar-refractivity contribution in [1.29, 1.82) is 0 Å². The smallest absolute Gasteiger partial charge is 0.233 e. The first kappa shape index (κ1) is 16.1. The Morgan fingerprint density at radius 2 is 1.71 bits per heavy atom. The summed E-state index contributed by atoms with van der Waals surface area (Å²) in [6.45, 7) is 0. The van der Waals surface area contributed by atoms with Crippen molar-refractivity contribution in [3.8, 4) is 17.2 Å². The molecule has 0 aliphatic heterocycles. The van der Waals surface area contributed by atoms with Gasteiger partial charge in [-0.05, 0) is 36.4 Å². The Morgan fingerprint density at radius 1 is 1.04 bits per heavy atom. The van der Waals surface area contributed by atoms with Crippen molar-refractivity contribution in [2.24, 2.45) is 0 Å². The molecule has 24 heavy (non-hydrogen) atoms. The quantitative estimate of drug-likeness (QED) is 0.765. The molecule has 0 aliphatic rings. The maximum absolute atomic E-state index is 12.8. The first-order valence-electron chi connectivity index (χ1n) is 7.19. The highest BCUT2D eigenvalue weighted by atomic mass is 32.2. The summed E-state index contributed by atoms with van der Waals surface area (Å²) >= 11 is 0. The third kappa shape index (κ3) is 2.85. The summed E-state index contributed by atoms with van der Waals surface area (Å²) in [6.07, 6.45) is 0. The lowest BCUT2D eigenvalue weighted by Crippen LogP contribution is -2.05. The zero-order valence-corrected chi connectivity index (χ0v) is 14.0. The molecule has 1 heterocycles. The minimum Gasteiger partial charge on any atom is -0.497 e. The van der Waals surface area contributed by atoms with Crippen LogP contribution in [-0.4, -0.2) is 27.6 Å². The molecule has 0 spiro atoms. The van der Waals surface area contributed by atoms with E-state index in [0.29, 0.717) is 11.3 Å². The number of oxazole rings is 1. The molecule has 0 radical (unpaired) electrons. The lowest BCUT2D eigenvalue weighted by molar-refractivity contribution is 0.415. The lowest BCUT2D eigenvalue weighted by atomic mass is 10.2. The molecular formula is C17H16N2O4S. The Hall–Kier alpha value is -2.80. The van der Waals surface area contributed by atoms with Crippen LogP contribution < -0.4 is 10.1 Å². The fraction of sp³-hybridized carbons (Fsp3) is 0.118. The number of rotatable bonds is 5. The van der Waals surface area contributed by atoms with E-state index < -0.39 is 9.84 Å². The van der Waals surface area contributed by atoms with Crippen molar-refractivity contribution >= 4 is 15.7 Å². The summed E-state index contributed by atoms with van der Waals surface area (Å²) in [5.74, 6) is 1.01. The number of hydrogen-bond acceptors (Lipinski definition) is 6. The fourth-order valence-electron chi connectivity index (χ4n) is 2.21. The third-order valence-electron chi connectivity index (χ3n) is 3.47. The molecule has 2 aromatic carbocycles. The van der Waals surface area contributed by atoms with Crippen LogP contribution >= 0.6 is 0 Å². The van der Waals surface area contributed by atoms with E-state index in [4.69, 9.17) is 9.15 Å². The topological polar surface area (TPSA) is 81.4 Å². The fourth-order valence-corrected chi connectivity index (χ4v) is 3.54. The Labute approximate surface area is 140 Å². The molecule has 0 fully saturated rings. The Morgan fingerprint density at radius 3 is 2.29 bits per heavy atom. The average Bonchev–Trinajstić information content (AvgIpc) is 3.08. The van der Waals surface area contributed by atoms with Gasteiger partial charge in [0.15, 0.2) is 0 Å². The van der Waals surface area contributed by atoms with Gasteiger partial charge in [0, 0.05) is 12.6 Å². The molecule has 7 heteroatoms. The second kappa shape index (κ2) is 6.37. The van der Waals surface area contributed by atoms with E-state index in [1.807, 2.05) is 0 Å². The third-order valence-corrected chi connectivity index (χ3v) is 5.15. The number of ether oxygens (including phenoxy) is 1. The standard InChI is InChI=1S/C17H16N2O4S/c1-18-16-17(24(20,21)14-6-4-3-5-7-14)19-15(23-16)12-8-10-13(22-2)11-9-12/h3-11,18H,1-2H3. The van der Waals surface area contributed by atoms with E-state index >= 15 is 0 Å². The maximum atomic E-state index is 12.8. The van der Waals surface area contributed by atoms with Crippen molar-refractivity contribution < 1.29 is 17.6 Å². The largest absolute Gasteiger partial charge is 0.497 e. The molecule has 0 saturated carbocycles. The first-order valence-corrected chi connectivity index (χ1v) is 8.67. The molecule has 1 aromatic heterocycles. The van der Waals surface area contributed by atoms with Gasteiger partial charge in [0.2, 0.25) is 26.6 Å². The van der Waals surface area contributed by atoms with Gasteiger partial charge in [-0.2, -0.15) is 4.98 Å². The normalized spacial score (nSPS) is 11.2. The van der Waals surface area contributed by atoms with Crippen LogP contribution in [0.5, 0.6) is 5.75 Å². The molecule has 0 atom stereocenters. The summed E-state index contributed by atoms with van der Waals surface area (Å²) in [4.78, 5) is 4.36. The Kier molecular flexibility index (Phi) is 4.26. The minimum atomic E-state index is -3.77. The summed E-state index contributed by atoms with van der Waals surface area (Å²) < 4.78 is 36.2. The molecule has 0 bridgehead atoms. The number of sulfone groups is 1. The molecule has 0 unspecified atom stereocenters. The van der Waals surface area contributed by atoms with Gasteiger partial charge >= 0.3 is 0 Å². The van der Waals surface area contributed by atoms with Gasteiger partial charge in [-0.1, -0.05) is 18.2 Å². The minimum absolute atomic E-state index is 0.102. The van der Waals surface area contributed by atoms with Gasteiger partial charge in [0.25, 0.3) is 0 Å². The second-order valence-corrected chi connectivity index (χ2v) is 6.81. The van der Waals surface area contributed by atoms with Crippen LogP contribution in [0.2, 0.25) is 0 Å². The highest BCUT2D eigenvalue weighted by Gasteiger charge is 2.27. The van der Waals surface area contributed by atoms with Crippen molar-refractivity contribution in [1.82, 2.24) is 4.98 Å². The monoisotopic (exact) mass is 344 g/mol. The SMILES string of the molecule is CNc1oc(-c2ccc(OC)cc2)nc1S(=O)(=O)c1ccccc1. The zero-order valence-electron chi connectivity index (χ0n) is 13.2. The lowest BCUT2D eigenvalue weighted by Gasteiger charge is -2.02. The van der Waals surface area contributed by atoms with E-state index in [0.717, 1.165) is 0 Å². The summed E-state index contributed by atoms with van der Waals surface area (Å²) in [5.41, 5.74) is 0.654. The van der Waals surface area contributed by atoms with E-state index in [2.05, 4.69) is 10.3 Å². The summed E-state index contributed by atoms with van der Waals surface area (Å²) in [5, 5.41) is 2.61. The first-order chi connectivity index (χ1) is 11.6. The van der Waals surface area contributed by atoms with Gasteiger partial charge in [-0.15, -0.1) is 0 Å². The zero-order chi connectivity index (χ0) is 17.2. The van der Waals surface area contributed by atoms with E-state index in [1.54, 1.807) is 56.6 Å². The van der Waals surface area contributed by atoms with Gasteiger partial charge < -0.3 is 14.5 Å². The van der Waals surface area contributed by atoms with Gasteiger partial charge in [0.1, 0.15) is 5.75 Å². The predicted molar refractivity (Wildman–Crippen MR) is 89.9 cm³/mol. The number of benzene rings is 2. The second-order valence-electron chi connectivity index (χ2n) is 4.95. The highest BCUT2D eigenvalue weighted by Crippen LogP contribution is 2.32. The van der Waals surface area contributed by atoms with Crippen molar-refractivity contribution in [2.75, 3.05) is 19.5 Å². The van der Waals surface area contributed by atoms with Crippen LogP contribution in [0, 0.1) is 0 Å². The number of hydrogen-bond donors (Lipinski definition) is 1. The highest BCUT2D eigenvalue weighted by molar-refractivity contribution is 7.91. The van der Waals surface area contributed by atoms with Crippen LogP contribution in [0.25, 0.3) is 11.5 Å². The Bertz CT molecular complexity index is 932. The van der Waals surface area contributed by atoms with Crippen LogP contribution in [0.1, 0.15) is 0 Å². The Balaban J connectivity index is 2.08. The van der Waals surface area contributed by atoms with Crippen molar-refractivity contribution in [3.05, 3.63) is 54.6 Å². The summed E-state index contributed by atoms with van der Waals surface area (Å²) in [6, 6.07) is 15.1. The van der Waals surface area contributed by atoms with Crippen molar-refractivity contribution in [3.63, 3.8) is 0 Å². The van der Waals surface area contributed by atoms with E-state index in [1.165, 1.54) is 12.1 Å². The number of methoxy groups -OCH3 is 1. The average molecular weight is 344 g/mol. The number of anilines is 1. The van der Waals surface area contributed by atoms with Crippen LogP contribution in [0.15, 0.2) is 68.9 Å². The molecule has 124 valence electrons. The molecular weight excluding hydrogens is 328 g/mol. The molecule has 0 amide bonds. The molecule has 0 saturated heterocycles. The predicted octanol–water partition coefficient (Wildman–Crippen LogP) is 3.22. The van der Waals surface area contributed by atoms with Crippen LogP contribution in [0.3, 0.4) is 0 Å². The summed E-state index contributed by atoms with van der Waals surface area (Å²) in [7, 11) is -0.615. The van der Waals surface area contributed by atoms with Crippen molar-refractivity contribution in [2.45, 2.75) is 9.92 Å². The number of nitrogens with zero attached hydrogens (tertiary/aromatic N) is 1. The van der Waals surface area contributed by atoms with E-state index in [9.17, 15) is 8.42 Å².